The van der Waals surface area contributed by atoms with Gasteiger partial charge < -0.3 is 28.8 Å². The Morgan fingerprint density at radius 1 is 0.500 bits per heavy atom. The highest BCUT2D eigenvalue weighted by atomic mass is 16.7. The Labute approximate surface area is 236 Å². The number of rotatable bonds is 13. The predicted octanol–water partition coefficient (Wildman–Crippen LogP) is 5.68. The van der Waals surface area contributed by atoms with Crippen LogP contribution >= 0.6 is 0 Å². The van der Waals surface area contributed by atoms with E-state index in [1.165, 1.54) is 0 Å². The Balaban J connectivity index is 1.34. The molecule has 1 saturated heterocycles. The quantitative estimate of drug-likeness (QED) is 0.236. The van der Waals surface area contributed by atoms with Gasteiger partial charge in [0.15, 0.2) is 6.29 Å². The van der Waals surface area contributed by atoms with Crippen LogP contribution in [0, 0.1) is 0 Å². The van der Waals surface area contributed by atoms with Crippen molar-refractivity contribution in [2.24, 2.45) is 0 Å². The Hall–Kier alpha value is -3.36. The SMILES string of the molecule is O[C@H]1[C@H](OCc2ccccc2)[C@@H](OCc2ccccc2)C(OCc2ccccc2)O[C@@H]1COCc1ccccc1. The minimum atomic E-state index is -0.989. The van der Waals surface area contributed by atoms with E-state index in [9.17, 15) is 5.11 Å². The summed E-state index contributed by atoms with van der Waals surface area (Å²) >= 11 is 0. The minimum absolute atomic E-state index is 0.178. The summed E-state index contributed by atoms with van der Waals surface area (Å²) in [4.78, 5) is 0. The zero-order valence-electron chi connectivity index (χ0n) is 22.5. The van der Waals surface area contributed by atoms with Crippen molar-refractivity contribution in [3.8, 4) is 0 Å². The largest absolute Gasteiger partial charge is 0.387 e. The third-order valence-corrected chi connectivity index (χ3v) is 6.84. The first-order valence-corrected chi connectivity index (χ1v) is 13.7. The van der Waals surface area contributed by atoms with E-state index in [2.05, 4.69) is 0 Å². The van der Waals surface area contributed by atoms with Crippen LogP contribution in [0.1, 0.15) is 22.3 Å². The average Bonchev–Trinajstić information content (AvgIpc) is 3.01. The Morgan fingerprint density at radius 3 is 1.38 bits per heavy atom. The van der Waals surface area contributed by atoms with Gasteiger partial charge in [0.25, 0.3) is 0 Å². The molecule has 0 amide bonds. The lowest BCUT2D eigenvalue weighted by Crippen LogP contribution is -2.61. The number of aliphatic hydroxyl groups is 1. The van der Waals surface area contributed by atoms with Crippen LogP contribution in [0.2, 0.25) is 0 Å². The summed E-state index contributed by atoms with van der Waals surface area (Å²) in [6.45, 7) is 1.56. The van der Waals surface area contributed by atoms with Crippen LogP contribution in [0.4, 0.5) is 0 Å². The Morgan fingerprint density at radius 2 is 0.900 bits per heavy atom. The first-order valence-electron chi connectivity index (χ1n) is 13.7. The third-order valence-electron chi connectivity index (χ3n) is 6.84. The molecule has 4 aromatic rings. The van der Waals surface area contributed by atoms with Gasteiger partial charge in [0.2, 0.25) is 0 Å². The second-order valence-corrected chi connectivity index (χ2v) is 9.85. The van der Waals surface area contributed by atoms with Gasteiger partial charge >= 0.3 is 0 Å². The van der Waals surface area contributed by atoms with Gasteiger partial charge in [-0.2, -0.15) is 0 Å². The van der Waals surface area contributed by atoms with Crippen molar-refractivity contribution in [2.75, 3.05) is 6.61 Å². The van der Waals surface area contributed by atoms with Crippen LogP contribution in [-0.4, -0.2) is 42.4 Å². The molecule has 0 bridgehead atoms. The minimum Gasteiger partial charge on any atom is -0.387 e. The third kappa shape index (κ3) is 8.08. The maximum absolute atomic E-state index is 11.5. The molecular weight excluding hydrogens is 504 g/mol. The van der Waals surface area contributed by atoms with Crippen molar-refractivity contribution in [3.63, 3.8) is 0 Å². The van der Waals surface area contributed by atoms with E-state index in [-0.39, 0.29) is 6.61 Å². The van der Waals surface area contributed by atoms with Crippen molar-refractivity contribution in [1.82, 2.24) is 0 Å². The highest BCUT2D eigenvalue weighted by Gasteiger charge is 2.47. The molecule has 6 nitrogen and oxygen atoms in total. The van der Waals surface area contributed by atoms with Crippen LogP contribution < -0.4 is 0 Å². The smallest absolute Gasteiger partial charge is 0.187 e. The predicted molar refractivity (Wildman–Crippen MR) is 152 cm³/mol. The zero-order valence-corrected chi connectivity index (χ0v) is 22.5. The molecule has 5 atom stereocenters. The highest BCUT2D eigenvalue weighted by Crippen LogP contribution is 2.29. The normalized spacial score (nSPS) is 22.7. The second-order valence-electron chi connectivity index (χ2n) is 9.85. The standard InChI is InChI=1S/C34H36O6/c35-31-30(25-36-21-26-13-5-1-6-14-26)40-34(39-24-29-19-11-4-12-20-29)33(38-23-28-17-9-3-10-18-28)32(31)37-22-27-15-7-2-8-16-27/h1-20,30-35H,21-25H2/t30-,31-,32+,33-,34?/m1/s1. The summed E-state index contributed by atoms with van der Waals surface area (Å²) in [5, 5.41) is 11.5. The van der Waals surface area contributed by atoms with Crippen LogP contribution in [-0.2, 0) is 50.1 Å². The van der Waals surface area contributed by atoms with Crippen LogP contribution in [0.15, 0.2) is 121 Å². The van der Waals surface area contributed by atoms with E-state index < -0.39 is 30.7 Å². The van der Waals surface area contributed by atoms with E-state index in [0.717, 1.165) is 22.3 Å². The fraction of sp³-hybridized carbons (Fsp3) is 0.294. The summed E-state index contributed by atoms with van der Waals surface area (Å²) in [7, 11) is 0. The van der Waals surface area contributed by atoms with E-state index >= 15 is 0 Å². The lowest BCUT2D eigenvalue weighted by Gasteiger charge is -2.44. The molecule has 1 aliphatic heterocycles. The van der Waals surface area contributed by atoms with Crippen molar-refractivity contribution in [3.05, 3.63) is 144 Å². The van der Waals surface area contributed by atoms with Crippen molar-refractivity contribution in [1.29, 1.82) is 0 Å². The maximum Gasteiger partial charge on any atom is 0.187 e. The summed E-state index contributed by atoms with van der Waals surface area (Å²) in [5.74, 6) is 0. The lowest BCUT2D eigenvalue weighted by atomic mass is 9.98. The van der Waals surface area contributed by atoms with Gasteiger partial charge in [-0.25, -0.2) is 0 Å². The van der Waals surface area contributed by atoms with E-state index in [0.29, 0.717) is 26.4 Å². The van der Waals surface area contributed by atoms with Crippen LogP contribution in [0.25, 0.3) is 0 Å². The first-order chi connectivity index (χ1) is 19.8. The molecule has 40 heavy (non-hydrogen) atoms. The van der Waals surface area contributed by atoms with E-state index in [1.807, 2.05) is 121 Å². The molecule has 1 aliphatic rings. The summed E-state index contributed by atoms with van der Waals surface area (Å²) in [6, 6.07) is 39.6. The number of aliphatic hydroxyl groups excluding tert-OH is 1. The maximum atomic E-state index is 11.5. The van der Waals surface area contributed by atoms with Gasteiger partial charge in [0.05, 0.1) is 33.0 Å². The molecule has 0 saturated carbocycles. The number of benzene rings is 4. The molecule has 1 fully saturated rings. The van der Waals surface area contributed by atoms with Gasteiger partial charge in [-0.1, -0.05) is 121 Å². The molecule has 5 rings (SSSR count). The molecular formula is C34H36O6. The molecule has 0 radical (unpaired) electrons. The van der Waals surface area contributed by atoms with Crippen molar-refractivity contribution < 1.29 is 28.8 Å². The number of ether oxygens (including phenoxy) is 5. The molecule has 0 aliphatic carbocycles. The molecule has 1 unspecified atom stereocenters. The monoisotopic (exact) mass is 540 g/mol. The van der Waals surface area contributed by atoms with Gasteiger partial charge in [0.1, 0.15) is 24.4 Å². The van der Waals surface area contributed by atoms with Crippen LogP contribution in [0.5, 0.6) is 0 Å². The van der Waals surface area contributed by atoms with Crippen molar-refractivity contribution in [2.45, 2.75) is 57.1 Å². The first kappa shape index (κ1) is 28.2. The molecule has 4 aromatic carbocycles. The molecule has 1 heterocycles. The highest BCUT2D eigenvalue weighted by molar-refractivity contribution is 5.16. The summed E-state index contributed by atoms with van der Waals surface area (Å²) in [5.41, 5.74) is 4.07. The molecule has 0 aromatic heterocycles. The van der Waals surface area contributed by atoms with E-state index in [4.69, 9.17) is 23.7 Å². The summed E-state index contributed by atoms with van der Waals surface area (Å²) in [6.07, 6.45) is -3.81. The van der Waals surface area contributed by atoms with Gasteiger partial charge in [0, 0.05) is 0 Å². The second kappa shape index (κ2) is 14.9. The fourth-order valence-corrected chi connectivity index (χ4v) is 4.68. The lowest BCUT2D eigenvalue weighted by molar-refractivity contribution is -0.324. The molecule has 6 heteroatoms. The van der Waals surface area contributed by atoms with Gasteiger partial charge in [-0.05, 0) is 22.3 Å². The average molecular weight is 541 g/mol. The fourth-order valence-electron chi connectivity index (χ4n) is 4.68. The van der Waals surface area contributed by atoms with Crippen molar-refractivity contribution >= 4 is 0 Å². The zero-order chi connectivity index (χ0) is 27.4. The van der Waals surface area contributed by atoms with Gasteiger partial charge in [-0.3, -0.25) is 0 Å². The van der Waals surface area contributed by atoms with Gasteiger partial charge in [-0.15, -0.1) is 0 Å². The Kier molecular flexibility index (Phi) is 10.5. The summed E-state index contributed by atoms with van der Waals surface area (Å²) < 4.78 is 31.4. The Bertz CT molecular complexity index is 1240. The number of hydrogen-bond acceptors (Lipinski definition) is 6. The molecule has 0 spiro atoms. The topological polar surface area (TPSA) is 66.4 Å². The number of hydrogen-bond donors (Lipinski definition) is 1. The molecule has 208 valence electrons. The van der Waals surface area contributed by atoms with E-state index in [1.54, 1.807) is 0 Å². The van der Waals surface area contributed by atoms with Crippen LogP contribution in [0.3, 0.4) is 0 Å². The molecule has 1 N–H and O–H groups in total.